The Balaban J connectivity index is 1.65. The number of amides is 1. The topological polar surface area (TPSA) is 108 Å². The van der Waals surface area contributed by atoms with Gasteiger partial charge in [-0.3, -0.25) is 4.79 Å². The van der Waals surface area contributed by atoms with E-state index in [1.165, 1.54) is 29.8 Å². The number of fused-ring (bicyclic) bond motifs is 1. The largest absolute Gasteiger partial charge is 0.487 e. The summed E-state index contributed by atoms with van der Waals surface area (Å²) in [5.41, 5.74) is 1.32. The molecule has 3 heterocycles. The summed E-state index contributed by atoms with van der Waals surface area (Å²) < 4.78 is 20.0. The number of carbonyl (C=O) groups is 1. The molecule has 1 saturated heterocycles. The summed E-state index contributed by atoms with van der Waals surface area (Å²) in [5.74, 6) is 0.273. The van der Waals surface area contributed by atoms with Crippen LogP contribution in [0.5, 0.6) is 5.75 Å². The summed E-state index contributed by atoms with van der Waals surface area (Å²) >= 11 is 1.26. The van der Waals surface area contributed by atoms with Crippen LogP contribution < -0.4 is 20.7 Å². The lowest BCUT2D eigenvalue weighted by molar-refractivity contribution is 0.0948. The van der Waals surface area contributed by atoms with Crippen LogP contribution in [0.4, 0.5) is 15.9 Å². The fraction of sp³-hybridized carbons (Fsp3) is 0.381. The zero-order valence-electron chi connectivity index (χ0n) is 17.1. The zero-order valence-corrected chi connectivity index (χ0v) is 17.9. The molecule has 0 spiro atoms. The molecule has 1 atom stereocenters. The third kappa shape index (κ3) is 4.76. The average Bonchev–Trinajstić information content (AvgIpc) is 3.12. The Labute approximate surface area is 182 Å². The molecule has 4 N–H and O–H groups in total. The Morgan fingerprint density at radius 1 is 1.42 bits per heavy atom. The number of nitrogens with zero attached hydrogens (tertiary/aromatic N) is 2. The van der Waals surface area contributed by atoms with Crippen molar-refractivity contribution in [3.05, 3.63) is 40.8 Å². The van der Waals surface area contributed by atoms with Gasteiger partial charge in [-0.15, -0.1) is 11.3 Å². The number of aryl methyl sites for hydroxylation is 1. The molecule has 4 rings (SSSR count). The molecule has 1 fully saturated rings. The number of aliphatic hydroxyl groups excluding tert-OH is 1. The molecule has 10 heteroatoms. The van der Waals surface area contributed by atoms with E-state index in [1.807, 2.05) is 6.92 Å². The minimum atomic E-state index is -0.383. The summed E-state index contributed by atoms with van der Waals surface area (Å²) in [5, 5.41) is 18.9. The number of aliphatic hydroxyl groups is 1. The molecule has 0 bridgehead atoms. The third-order valence-electron chi connectivity index (χ3n) is 5.07. The highest BCUT2D eigenvalue weighted by Crippen LogP contribution is 2.36. The second kappa shape index (κ2) is 9.54. The summed E-state index contributed by atoms with van der Waals surface area (Å²) in [4.78, 5) is 22.3. The first kappa shape index (κ1) is 21.4. The van der Waals surface area contributed by atoms with E-state index >= 15 is 0 Å². The fourth-order valence-electron chi connectivity index (χ4n) is 3.56. The molecule has 3 aromatic rings. The maximum atomic E-state index is 13.9. The number of carbonyl (C=O) groups excluding carboxylic acids is 1. The van der Waals surface area contributed by atoms with E-state index in [-0.39, 0.29) is 31.0 Å². The number of rotatable bonds is 7. The molecule has 1 unspecified atom stereocenters. The molecule has 0 radical (unpaired) electrons. The van der Waals surface area contributed by atoms with Gasteiger partial charge in [-0.1, -0.05) is 0 Å². The van der Waals surface area contributed by atoms with Crippen LogP contribution in [-0.4, -0.2) is 53.3 Å². The molecule has 1 aromatic carbocycles. The lowest BCUT2D eigenvalue weighted by atomic mass is 10.1. The number of anilines is 2. The van der Waals surface area contributed by atoms with Crippen molar-refractivity contribution in [3.8, 4) is 5.75 Å². The van der Waals surface area contributed by atoms with E-state index in [2.05, 4.69) is 25.9 Å². The molecule has 0 saturated carbocycles. The van der Waals surface area contributed by atoms with E-state index in [0.717, 1.165) is 30.3 Å². The maximum Gasteiger partial charge on any atom is 0.261 e. The number of piperidine rings is 1. The SMILES string of the molecule is Cc1c(C(=O)NCCO)sc2ncnc(Nc3ccc(F)cc3OC3CCCNC3)c12. The molecule has 1 aliphatic heterocycles. The molecule has 1 amide bonds. The Morgan fingerprint density at radius 2 is 2.29 bits per heavy atom. The second-order valence-corrected chi connectivity index (χ2v) is 8.29. The fourth-order valence-corrected chi connectivity index (χ4v) is 4.62. The van der Waals surface area contributed by atoms with Gasteiger partial charge in [0.15, 0.2) is 0 Å². The number of nitrogens with one attached hydrogen (secondary N) is 3. The number of ether oxygens (including phenoxy) is 1. The minimum Gasteiger partial charge on any atom is -0.487 e. The van der Waals surface area contributed by atoms with Gasteiger partial charge in [-0.05, 0) is 44.0 Å². The van der Waals surface area contributed by atoms with Crippen LogP contribution in [-0.2, 0) is 0 Å². The second-order valence-electron chi connectivity index (χ2n) is 7.29. The lowest BCUT2D eigenvalue weighted by Crippen LogP contribution is -2.37. The van der Waals surface area contributed by atoms with Crippen LogP contribution in [0.15, 0.2) is 24.5 Å². The highest BCUT2D eigenvalue weighted by Gasteiger charge is 2.21. The summed E-state index contributed by atoms with van der Waals surface area (Å²) in [6, 6.07) is 4.34. The Kier molecular flexibility index (Phi) is 6.59. The first-order chi connectivity index (χ1) is 15.1. The van der Waals surface area contributed by atoms with Crippen molar-refractivity contribution in [2.75, 3.05) is 31.6 Å². The van der Waals surface area contributed by atoms with E-state index in [0.29, 0.717) is 33.5 Å². The predicted octanol–water partition coefficient (Wildman–Crippen LogP) is 2.74. The monoisotopic (exact) mass is 445 g/mol. The van der Waals surface area contributed by atoms with Crippen LogP contribution in [0, 0.1) is 12.7 Å². The molecule has 0 aliphatic carbocycles. The lowest BCUT2D eigenvalue weighted by Gasteiger charge is -2.25. The van der Waals surface area contributed by atoms with E-state index in [4.69, 9.17) is 9.84 Å². The van der Waals surface area contributed by atoms with Gasteiger partial charge in [-0.25, -0.2) is 14.4 Å². The number of benzene rings is 1. The minimum absolute atomic E-state index is 0.0359. The molecule has 164 valence electrons. The molecule has 31 heavy (non-hydrogen) atoms. The van der Waals surface area contributed by atoms with Gasteiger partial charge in [0.05, 0.1) is 22.6 Å². The quantitative estimate of drug-likeness (QED) is 0.443. The van der Waals surface area contributed by atoms with Gasteiger partial charge in [0.1, 0.15) is 34.6 Å². The van der Waals surface area contributed by atoms with Crippen molar-refractivity contribution < 1.29 is 19.0 Å². The molecular formula is C21H24FN5O3S. The van der Waals surface area contributed by atoms with Gasteiger partial charge >= 0.3 is 0 Å². The van der Waals surface area contributed by atoms with Gasteiger partial charge in [-0.2, -0.15) is 0 Å². The third-order valence-corrected chi connectivity index (χ3v) is 6.27. The van der Waals surface area contributed by atoms with Gasteiger partial charge < -0.3 is 25.8 Å². The van der Waals surface area contributed by atoms with Crippen molar-refractivity contribution in [1.82, 2.24) is 20.6 Å². The normalized spacial score (nSPS) is 16.3. The first-order valence-corrected chi connectivity index (χ1v) is 11.0. The van der Waals surface area contributed by atoms with Crippen molar-refractivity contribution in [2.45, 2.75) is 25.9 Å². The van der Waals surface area contributed by atoms with Gasteiger partial charge in [0.25, 0.3) is 5.91 Å². The van der Waals surface area contributed by atoms with Crippen molar-refractivity contribution in [3.63, 3.8) is 0 Å². The van der Waals surface area contributed by atoms with Crippen LogP contribution in [0.1, 0.15) is 28.1 Å². The van der Waals surface area contributed by atoms with Crippen LogP contribution in [0.2, 0.25) is 0 Å². The predicted molar refractivity (Wildman–Crippen MR) is 118 cm³/mol. The molecule has 8 nitrogen and oxygen atoms in total. The number of aromatic nitrogens is 2. The summed E-state index contributed by atoms with van der Waals surface area (Å²) in [6.45, 7) is 3.54. The molecule has 1 aliphatic rings. The summed E-state index contributed by atoms with van der Waals surface area (Å²) in [7, 11) is 0. The highest BCUT2D eigenvalue weighted by molar-refractivity contribution is 7.20. The van der Waals surface area contributed by atoms with Crippen molar-refractivity contribution in [2.24, 2.45) is 0 Å². The number of halogens is 1. The molecule has 2 aromatic heterocycles. The number of hydrogen-bond donors (Lipinski definition) is 4. The standard InChI is InChI=1S/C21H24FN5O3S/c1-12-17-19(25-11-26-21(17)31-18(12)20(29)24-7-8-28)27-15-5-4-13(22)9-16(15)30-14-3-2-6-23-10-14/h4-5,9,11,14,23,28H,2-3,6-8,10H2,1H3,(H,24,29)(H,25,26,27). The van der Waals surface area contributed by atoms with Gasteiger partial charge in [0, 0.05) is 19.2 Å². The average molecular weight is 446 g/mol. The van der Waals surface area contributed by atoms with Crippen LogP contribution >= 0.6 is 11.3 Å². The maximum absolute atomic E-state index is 13.9. The smallest absolute Gasteiger partial charge is 0.261 e. The van der Waals surface area contributed by atoms with Crippen molar-refractivity contribution >= 4 is 39.0 Å². The van der Waals surface area contributed by atoms with Gasteiger partial charge in [0.2, 0.25) is 0 Å². The zero-order chi connectivity index (χ0) is 21.8. The first-order valence-electron chi connectivity index (χ1n) is 10.1. The number of hydrogen-bond acceptors (Lipinski definition) is 8. The highest BCUT2D eigenvalue weighted by atomic mass is 32.1. The van der Waals surface area contributed by atoms with Crippen molar-refractivity contribution in [1.29, 1.82) is 0 Å². The van der Waals surface area contributed by atoms with Crippen LogP contribution in [0.25, 0.3) is 10.2 Å². The molecular weight excluding hydrogens is 421 g/mol. The van der Waals surface area contributed by atoms with E-state index in [9.17, 15) is 9.18 Å². The Morgan fingerprint density at radius 3 is 3.06 bits per heavy atom. The Hall–Kier alpha value is -2.82. The van der Waals surface area contributed by atoms with E-state index in [1.54, 1.807) is 6.07 Å². The van der Waals surface area contributed by atoms with E-state index < -0.39 is 0 Å². The van der Waals surface area contributed by atoms with Crippen LogP contribution in [0.3, 0.4) is 0 Å². The number of thiophene rings is 1. The summed E-state index contributed by atoms with van der Waals surface area (Å²) in [6.07, 6.45) is 3.29. The Bertz CT molecular complexity index is 1080.